The number of aromatic nitrogens is 3. The van der Waals surface area contributed by atoms with Crippen LogP contribution in [0.4, 0.5) is 0 Å². The minimum atomic E-state index is 0.275. The van der Waals surface area contributed by atoms with Crippen molar-refractivity contribution in [1.82, 2.24) is 15.0 Å². The van der Waals surface area contributed by atoms with Crippen LogP contribution < -0.4 is 0 Å². The molecular formula is C12H15N3. The Hall–Kier alpha value is -1.51. The molecule has 3 nitrogen and oxygen atoms in total. The third-order valence-electron chi connectivity index (χ3n) is 2.12. The summed E-state index contributed by atoms with van der Waals surface area (Å²) in [6, 6.07) is 2.07. The molecule has 0 aliphatic carbocycles. The average Bonchev–Trinajstić information content (AvgIpc) is 2.15. The van der Waals surface area contributed by atoms with E-state index >= 15 is 0 Å². The van der Waals surface area contributed by atoms with Gasteiger partial charge in [0, 0.05) is 18.6 Å². The second-order valence-electron chi connectivity index (χ2n) is 4.98. The summed E-state index contributed by atoms with van der Waals surface area (Å²) in [6.45, 7) is 6.65. The lowest BCUT2D eigenvalue weighted by Crippen LogP contribution is -2.09. The molecule has 0 bridgehead atoms. The second kappa shape index (κ2) is 3.57. The quantitative estimate of drug-likeness (QED) is 0.712. The van der Waals surface area contributed by atoms with Crippen LogP contribution in [-0.4, -0.2) is 15.0 Å². The molecule has 0 atom stereocenters. The van der Waals surface area contributed by atoms with E-state index in [1.54, 1.807) is 12.4 Å². The predicted molar refractivity (Wildman–Crippen MR) is 60.5 cm³/mol. The fraction of sp³-hybridized carbons (Fsp3) is 0.417. The van der Waals surface area contributed by atoms with Gasteiger partial charge >= 0.3 is 0 Å². The van der Waals surface area contributed by atoms with E-state index in [1.165, 1.54) is 5.56 Å². The van der Waals surface area contributed by atoms with Crippen molar-refractivity contribution in [1.29, 1.82) is 0 Å². The molecule has 0 saturated carbocycles. The van der Waals surface area contributed by atoms with Crippen LogP contribution in [0.25, 0.3) is 11.2 Å². The molecule has 0 fully saturated rings. The highest BCUT2D eigenvalue weighted by Crippen LogP contribution is 2.21. The van der Waals surface area contributed by atoms with Crippen molar-refractivity contribution < 1.29 is 0 Å². The maximum Gasteiger partial charge on any atom is 0.178 e. The lowest BCUT2D eigenvalue weighted by atomic mass is 9.89. The van der Waals surface area contributed by atoms with Gasteiger partial charge in [0.1, 0.15) is 5.52 Å². The van der Waals surface area contributed by atoms with Gasteiger partial charge in [0.15, 0.2) is 5.65 Å². The summed E-state index contributed by atoms with van der Waals surface area (Å²) in [7, 11) is 0. The molecule has 0 spiro atoms. The van der Waals surface area contributed by atoms with Crippen molar-refractivity contribution in [2.45, 2.75) is 27.2 Å². The van der Waals surface area contributed by atoms with E-state index in [4.69, 9.17) is 0 Å². The Morgan fingerprint density at radius 2 is 1.80 bits per heavy atom. The molecule has 0 radical (unpaired) electrons. The van der Waals surface area contributed by atoms with Gasteiger partial charge in [-0.1, -0.05) is 20.8 Å². The van der Waals surface area contributed by atoms with Gasteiger partial charge in [-0.15, -0.1) is 0 Å². The van der Waals surface area contributed by atoms with E-state index in [2.05, 4.69) is 41.8 Å². The van der Waals surface area contributed by atoms with Gasteiger partial charge in [0.2, 0.25) is 0 Å². The minimum absolute atomic E-state index is 0.275. The molecule has 2 rings (SSSR count). The van der Waals surface area contributed by atoms with E-state index in [-0.39, 0.29) is 5.41 Å². The molecule has 0 aliphatic rings. The monoisotopic (exact) mass is 201 g/mol. The Morgan fingerprint density at radius 3 is 2.53 bits per heavy atom. The summed E-state index contributed by atoms with van der Waals surface area (Å²) < 4.78 is 0. The summed E-state index contributed by atoms with van der Waals surface area (Å²) in [5, 5.41) is 0. The van der Waals surface area contributed by atoms with Crippen molar-refractivity contribution in [3.05, 3.63) is 30.2 Å². The highest BCUT2D eigenvalue weighted by atomic mass is 14.9. The van der Waals surface area contributed by atoms with Crippen molar-refractivity contribution in [2.75, 3.05) is 0 Å². The first-order chi connectivity index (χ1) is 7.04. The first-order valence-electron chi connectivity index (χ1n) is 5.10. The minimum Gasteiger partial charge on any atom is -0.251 e. The van der Waals surface area contributed by atoms with Crippen molar-refractivity contribution in [3.8, 4) is 0 Å². The van der Waals surface area contributed by atoms with Crippen LogP contribution in [0.5, 0.6) is 0 Å². The number of rotatable bonds is 1. The van der Waals surface area contributed by atoms with Crippen LogP contribution in [0.1, 0.15) is 26.3 Å². The maximum absolute atomic E-state index is 4.29. The van der Waals surface area contributed by atoms with E-state index in [0.717, 1.165) is 17.6 Å². The molecule has 0 amide bonds. The molecular weight excluding hydrogens is 186 g/mol. The zero-order valence-electron chi connectivity index (χ0n) is 9.36. The molecule has 0 aromatic carbocycles. The lowest BCUT2D eigenvalue weighted by Gasteiger charge is -2.17. The van der Waals surface area contributed by atoms with Gasteiger partial charge in [-0.2, -0.15) is 0 Å². The molecule has 3 heteroatoms. The third-order valence-corrected chi connectivity index (χ3v) is 2.12. The predicted octanol–water partition coefficient (Wildman–Crippen LogP) is 2.61. The van der Waals surface area contributed by atoms with Gasteiger partial charge in [0.05, 0.1) is 0 Å². The van der Waals surface area contributed by atoms with E-state index < -0.39 is 0 Å². The Labute approximate surface area is 89.6 Å². The van der Waals surface area contributed by atoms with E-state index in [9.17, 15) is 0 Å². The largest absolute Gasteiger partial charge is 0.251 e. The van der Waals surface area contributed by atoms with Crippen molar-refractivity contribution in [2.24, 2.45) is 5.41 Å². The number of nitrogens with zero attached hydrogens (tertiary/aromatic N) is 3. The smallest absolute Gasteiger partial charge is 0.178 e. The van der Waals surface area contributed by atoms with Gasteiger partial charge < -0.3 is 0 Å². The van der Waals surface area contributed by atoms with Gasteiger partial charge in [-0.3, -0.25) is 4.98 Å². The first kappa shape index (κ1) is 10.0. The molecule has 0 saturated heterocycles. The fourth-order valence-electron chi connectivity index (χ4n) is 1.61. The topological polar surface area (TPSA) is 38.7 Å². The molecule has 2 heterocycles. The molecule has 0 unspecified atom stereocenters. The standard InChI is InChI=1S/C12H15N3/c1-12(2,3)7-9-6-10-11(15-8-9)14-5-4-13-10/h4-6,8H,7H2,1-3H3. The van der Waals surface area contributed by atoms with Crippen LogP contribution in [0.15, 0.2) is 24.7 Å². The maximum atomic E-state index is 4.29. The van der Waals surface area contributed by atoms with E-state index in [1.807, 2.05) is 6.20 Å². The Bertz CT molecular complexity index is 471. The number of hydrogen-bond acceptors (Lipinski definition) is 3. The summed E-state index contributed by atoms with van der Waals surface area (Å²) >= 11 is 0. The molecule has 2 aromatic rings. The van der Waals surface area contributed by atoms with Gasteiger partial charge in [-0.25, -0.2) is 9.97 Å². The van der Waals surface area contributed by atoms with Crippen LogP contribution in [0.3, 0.4) is 0 Å². The van der Waals surface area contributed by atoms with Crippen LogP contribution in [0, 0.1) is 5.41 Å². The summed E-state index contributed by atoms with van der Waals surface area (Å²) in [5.74, 6) is 0. The van der Waals surface area contributed by atoms with Crippen molar-refractivity contribution in [3.63, 3.8) is 0 Å². The zero-order chi connectivity index (χ0) is 10.9. The molecule has 0 N–H and O–H groups in total. The second-order valence-corrected chi connectivity index (χ2v) is 4.98. The number of hydrogen-bond donors (Lipinski definition) is 0. The first-order valence-corrected chi connectivity index (χ1v) is 5.10. The highest BCUT2D eigenvalue weighted by molar-refractivity contribution is 5.69. The average molecular weight is 201 g/mol. The highest BCUT2D eigenvalue weighted by Gasteiger charge is 2.12. The molecule has 15 heavy (non-hydrogen) atoms. The van der Waals surface area contributed by atoms with Crippen LogP contribution in [-0.2, 0) is 6.42 Å². The fourth-order valence-corrected chi connectivity index (χ4v) is 1.61. The molecule has 2 aromatic heterocycles. The van der Waals surface area contributed by atoms with E-state index in [0.29, 0.717) is 0 Å². The normalized spacial score (nSPS) is 11.9. The SMILES string of the molecule is CC(C)(C)Cc1cnc2nccnc2c1. The lowest BCUT2D eigenvalue weighted by molar-refractivity contribution is 0.411. The third kappa shape index (κ3) is 2.49. The molecule has 78 valence electrons. The number of pyridine rings is 1. The van der Waals surface area contributed by atoms with Gasteiger partial charge in [-0.05, 0) is 23.5 Å². The Kier molecular flexibility index (Phi) is 2.39. The summed E-state index contributed by atoms with van der Waals surface area (Å²) in [5.41, 5.74) is 3.09. The van der Waals surface area contributed by atoms with Crippen LogP contribution >= 0.6 is 0 Å². The number of fused-ring (bicyclic) bond motifs is 1. The Balaban J connectivity index is 2.39. The zero-order valence-corrected chi connectivity index (χ0v) is 9.36. The molecule has 0 aliphatic heterocycles. The van der Waals surface area contributed by atoms with Crippen molar-refractivity contribution >= 4 is 11.2 Å². The van der Waals surface area contributed by atoms with Gasteiger partial charge in [0.25, 0.3) is 0 Å². The summed E-state index contributed by atoms with van der Waals surface area (Å²) in [4.78, 5) is 12.7. The summed E-state index contributed by atoms with van der Waals surface area (Å²) in [6.07, 6.45) is 6.26. The van der Waals surface area contributed by atoms with Crippen LogP contribution in [0.2, 0.25) is 0 Å². The Morgan fingerprint density at radius 1 is 1.07 bits per heavy atom.